The largest absolute Gasteiger partial charge is 0.463 e. The first-order valence-corrected chi connectivity index (χ1v) is 3.57. The van der Waals surface area contributed by atoms with Crippen molar-refractivity contribution in [3.8, 4) is 6.07 Å². The normalized spacial score (nSPS) is 10.0. The highest BCUT2D eigenvalue weighted by molar-refractivity contribution is 5.89. The average Bonchev–Trinajstić information content (AvgIpc) is 2.12. The van der Waals surface area contributed by atoms with E-state index < -0.39 is 5.97 Å². The van der Waals surface area contributed by atoms with Gasteiger partial charge in [-0.05, 0) is 6.92 Å². The van der Waals surface area contributed by atoms with E-state index in [0.29, 0.717) is 0 Å². The SMILES string of the molecule is CCOC(=O)/C(=C\C#N)COC=O. The highest BCUT2D eigenvalue weighted by Gasteiger charge is 2.10. The van der Waals surface area contributed by atoms with Gasteiger partial charge in [-0.3, -0.25) is 4.79 Å². The summed E-state index contributed by atoms with van der Waals surface area (Å²) in [6.45, 7) is 1.81. The van der Waals surface area contributed by atoms with E-state index in [1.807, 2.05) is 0 Å². The van der Waals surface area contributed by atoms with Gasteiger partial charge < -0.3 is 9.47 Å². The van der Waals surface area contributed by atoms with Gasteiger partial charge in [0, 0.05) is 6.08 Å². The second kappa shape index (κ2) is 6.85. The minimum atomic E-state index is -0.647. The molecule has 70 valence electrons. The quantitative estimate of drug-likeness (QED) is 0.263. The van der Waals surface area contributed by atoms with Gasteiger partial charge in [0.15, 0.2) is 0 Å². The van der Waals surface area contributed by atoms with Crippen LogP contribution in [0.25, 0.3) is 0 Å². The van der Waals surface area contributed by atoms with E-state index in [2.05, 4.69) is 9.47 Å². The lowest BCUT2D eigenvalue weighted by molar-refractivity contribution is -0.139. The van der Waals surface area contributed by atoms with Crippen LogP contribution in [0.5, 0.6) is 0 Å². The van der Waals surface area contributed by atoms with Crippen LogP contribution in [0, 0.1) is 11.3 Å². The molecule has 0 atom stereocenters. The van der Waals surface area contributed by atoms with Crippen LogP contribution in [0.2, 0.25) is 0 Å². The summed E-state index contributed by atoms with van der Waals surface area (Å²) >= 11 is 0. The van der Waals surface area contributed by atoms with Crippen LogP contribution in [0.1, 0.15) is 6.92 Å². The van der Waals surface area contributed by atoms with Gasteiger partial charge in [-0.15, -0.1) is 0 Å². The van der Waals surface area contributed by atoms with Crippen LogP contribution in [-0.4, -0.2) is 25.7 Å². The molecule has 0 aromatic heterocycles. The van der Waals surface area contributed by atoms with Crippen molar-refractivity contribution in [2.75, 3.05) is 13.2 Å². The third-order valence-corrected chi connectivity index (χ3v) is 1.08. The van der Waals surface area contributed by atoms with E-state index >= 15 is 0 Å². The standard InChI is InChI=1S/C8H9NO4/c1-2-13-8(11)7(3-4-9)5-12-6-10/h3,6H,2,5H2,1H3/b7-3-. The maximum atomic E-state index is 11.0. The zero-order valence-corrected chi connectivity index (χ0v) is 7.15. The van der Waals surface area contributed by atoms with Gasteiger partial charge in [-0.1, -0.05) is 0 Å². The number of rotatable bonds is 5. The molecule has 0 saturated carbocycles. The summed E-state index contributed by atoms with van der Waals surface area (Å²) in [6.07, 6.45) is 0.988. The maximum Gasteiger partial charge on any atom is 0.338 e. The molecule has 0 aliphatic rings. The van der Waals surface area contributed by atoms with Gasteiger partial charge in [0.1, 0.15) is 6.61 Å². The maximum absolute atomic E-state index is 11.0. The molecular formula is C8H9NO4. The van der Waals surface area contributed by atoms with E-state index in [9.17, 15) is 9.59 Å². The van der Waals surface area contributed by atoms with Crippen molar-refractivity contribution in [3.63, 3.8) is 0 Å². The van der Waals surface area contributed by atoms with Gasteiger partial charge in [0.05, 0.1) is 18.2 Å². The molecule has 0 aromatic rings. The Kier molecular flexibility index (Phi) is 5.89. The summed E-state index contributed by atoms with van der Waals surface area (Å²) in [7, 11) is 0. The van der Waals surface area contributed by atoms with Crippen LogP contribution in [0.3, 0.4) is 0 Å². The van der Waals surface area contributed by atoms with E-state index in [-0.39, 0.29) is 25.3 Å². The third-order valence-electron chi connectivity index (χ3n) is 1.08. The van der Waals surface area contributed by atoms with E-state index in [1.165, 1.54) is 0 Å². The van der Waals surface area contributed by atoms with Gasteiger partial charge in [-0.25, -0.2) is 4.79 Å². The minimum Gasteiger partial charge on any atom is -0.463 e. The molecule has 0 rings (SSSR count). The Morgan fingerprint density at radius 1 is 1.62 bits per heavy atom. The molecule has 5 heteroatoms. The second-order valence-electron chi connectivity index (χ2n) is 1.93. The molecule has 0 radical (unpaired) electrons. The molecule has 0 aliphatic heterocycles. The topological polar surface area (TPSA) is 76.4 Å². The number of ether oxygens (including phenoxy) is 2. The van der Waals surface area contributed by atoms with E-state index in [4.69, 9.17) is 5.26 Å². The first kappa shape index (κ1) is 11.2. The first-order valence-electron chi connectivity index (χ1n) is 3.57. The lowest BCUT2D eigenvalue weighted by Gasteiger charge is -2.03. The first-order chi connectivity index (χ1) is 6.26. The smallest absolute Gasteiger partial charge is 0.338 e. The monoisotopic (exact) mass is 183 g/mol. The predicted octanol–water partition coefficient (Wildman–Crippen LogP) is 0.172. The zero-order chi connectivity index (χ0) is 10.1. The fourth-order valence-corrected chi connectivity index (χ4v) is 0.585. The van der Waals surface area contributed by atoms with Crippen molar-refractivity contribution in [3.05, 3.63) is 11.6 Å². The molecular weight excluding hydrogens is 174 g/mol. The van der Waals surface area contributed by atoms with Crippen molar-refractivity contribution in [2.24, 2.45) is 0 Å². The highest BCUT2D eigenvalue weighted by Crippen LogP contribution is 1.98. The molecule has 0 fully saturated rings. The fourth-order valence-electron chi connectivity index (χ4n) is 0.585. The summed E-state index contributed by atoms with van der Waals surface area (Å²) in [6, 6.07) is 1.66. The molecule has 0 unspecified atom stereocenters. The van der Waals surface area contributed by atoms with E-state index in [0.717, 1.165) is 6.08 Å². The summed E-state index contributed by atoms with van der Waals surface area (Å²) in [5, 5.41) is 8.28. The molecule has 0 saturated heterocycles. The number of nitrogens with zero attached hydrogens (tertiary/aromatic N) is 1. The van der Waals surface area contributed by atoms with Gasteiger partial charge in [0.2, 0.25) is 0 Å². The Morgan fingerprint density at radius 2 is 2.31 bits per heavy atom. The van der Waals surface area contributed by atoms with Crippen molar-refractivity contribution in [1.82, 2.24) is 0 Å². The highest BCUT2D eigenvalue weighted by atomic mass is 16.5. The third kappa shape index (κ3) is 4.58. The zero-order valence-electron chi connectivity index (χ0n) is 7.15. The van der Waals surface area contributed by atoms with Crippen LogP contribution in [0.4, 0.5) is 0 Å². The number of allylic oxidation sites excluding steroid dienone is 1. The van der Waals surface area contributed by atoms with E-state index in [1.54, 1.807) is 13.0 Å². The minimum absolute atomic E-state index is 0.0245. The molecule has 5 nitrogen and oxygen atoms in total. The van der Waals surface area contributed by atoms with Crippen molar-refractivity contribution >= 4 is 12.4 Å². The number of carbonyl (C=O) groups is 2. The summed E-state index contributed by atoms with van der Waals surface area (Å²) < 4.78 is 8.91. The molecule has 0 heterocycles. The summed E-state index contributed by atoms with van der Waals surface area (Å²) in [5.74, 6) is -0.647. The number of hydrogen-bond acceptors (Lipinski definition) is 5. The Morgan fingerprint density at radius 3 is 2.77 bits per heavy atom. The van der Waals surface area contributed by atoms with Crippen LogP contribution >= 0.6 is 0 Å². The Bertz CT molecular complexity index is 251. The Labute approximate surface area is 75.5 Å². The average molecular weight is 183 g/mol. The molecule has 0 spiro atoms. The number of carbonyl (C=O) groups excluding carboxylic acids is 2. The van der Waals surface area contributed by atoms with Gasteiger partial charge in [0.25, 0.3) is 6.47 Å². The molecule has 0 amide bonds. The van der Waals surface area contributed by atoms with Gasteiger partial charge >= 0.3 is 5.97 Å². The lowest BCUT2D eigenvalue weighted by atomic mass is 10.3. The van der Waals surface area contributed by atoms with Crippen LogP contribution in [-0.2, 0) is 19.1 Å². The van der Waals surface area contributed by atoms with Gasteiger partial charge in [-0.2, -0.15) is 5.26 Å². The van der Waals surface area contributed by atoms with Crippen LogP contribution in [0.15, 0.2) is 11.6 Å². The molecule has 0 aromatic carbocycles. The molecule has 0 bridgehead atoms. The molecule has 0 aliphatic carbocycles. The van der Waals surface area contributed by atoms with Crippen LogP contribution < -0.4 is 0 Å². The predicted molar refractivity (Wildman–Crippen MR) is 42.3 cm³/mol. The summed E-state index contributed by atoms with van der Waals surface area (Å²) in [5.41, 5.74) is 0.0245. The van der Waals surface area contributed by atoms with Crippen molar-refractivity contribution in [2.45, 2.75) is 6.92 Å². The lowest BCUT2D eigenvalue weighted by Crippen LogP contribution is -2.12. The molecule has 13 heavy (non-hydrogen) atoms. The molecule has 0 N–H and O–H groups in total. The number of esters is 1. The van der Waals surface area contributed by atoms with Crippen molar-refractivity contribution < 1.29 is 19.1 Å². The summed E-state index contributed by atoms with van der Waals surface area (Å²) in [4.78, 5) is 20.8. The second-order valence-corrected chi connectivity index (χ2v) is 1.93. The van der Waals surface area contributed by atoms with Crippen molar-refractivity contribution in [1.29, 1.82) is 5.26 Å². The Hall–Kier alpha value is -1.83. The number of nitriles is 1. The fraction of sp³-hybridized carbons (Fsp3) is 0.375. The number of hydrogen-bond donors (Lipinski definition) is 0. The Balaban J connectivity index is 4.26.